The van der Waals surface area contributed by atoms with Gasteiger partial charge in [-0.05, 0) is 74.6 Å². The zero-order valence-electron chi connectivity index (χ0n) is 16.7. The van der Waals surface area contributed by atoms with Crippen molar-refractivity contribution in [2.24, 2.45) is 0 Å². The first kappa shape index (κ1) is 18.5. The average molecular weight is 374 g/mol. The highest BCUT2D eigenvalue weighted by Gasteiger charge is 2.14. The Morgan fingerprint density at radius 3 is 2.46 bits per heavy atom. The monoisotopic (exact) mass is 373 g/mol. The van der Waals surface area contributed by atoms with Crippen molar-refractivity contribution in [3.05, 3.63) is 65.4 Å². The smallest absolute Gasteiger partial charge is 0.228 e. The third kappa shape index (κ3) is 3.86. The van der Waals surface area contributed by atoms with Crippen molar-refractivity contribution in [3.8, 4) is 0 Å². The van der Waals surface area contributed by atoms with Crippen LogP contribution < -0.4 is 10.2 Å². The zero-order valence-corrected chi connectivity index (χ0v) is 16.7. The van der Waals surface area contributed by atoms with Gasteiger partial charge in [-0.25, -0.2) is 0 Å². The van der Waals surface area contributed by atoms with E-state index in [2.05, 4.69) is 40.3 Å². The Labute approximate surface area is 166 Å². The molecule has 1 aliphatic rings. The van der Waals surface area contributed by atoms with Crippen LogP contribution in [0.3, 0.4) is 0 Å². The van der Waals surface area contributed by atoms with Gasteiger partial charge in [0, 0.05) is 35.5 Å². The molecule has 0 aliphatic carbocycles. The molecule has 144 valence electrons. The van der Waals surface area contributed by atoms with Gasteiger partial charge in [-0.1, -0.05) is 18.2 Å². The van der Waals surface area contributed by atoms with E-state index in [-0.39, 0.29) is 5.91 Å². The first-order valence-electron chi connectivity index (χ1n) is 10.1. The van der Waals surface area contributed by atoms with E-state index in [1.807, 2.05) is 37.3 Å². The van der Waals surface area contributed by atoms with Crippen molar-refractivity contribution in [1.82, 2.24) is 4.98 Å². The summed E-state index contributed by atoms with van der Waals surface area (Å²) < 4.78 is 0. The summed E-state index contributed by atoms with van der Waals surface area (Å²) in [4.78, 5) is 19.8. The molecule has 1 saturated heterocycles. The van der Waals surface area contributed by atoms with Gasteiger partial charge in [0.25, 0.3) is 0 Å². The topological polar surface area (TPSA) is 45.2 Å². The highest BCUT2D eigenvalue weighted by Crippen LogP contribution is 2.24. The van der Waals surface area contributed by atoms with Crippen molar-refractivity contribution < 1.29 is 4.79 Å². The molecule has 1 fully saturated rings. The van der Waals surface area contributed by atoms with Crippen LogP contribution >= 0.6 is 0 Å². The fourth-order valence-electron chi connectivity index (χ4n) is 4.10. The Bertz CT molecular complexity index is 989. The van der Waals surface area contributed by atoms with E-state index in [4.69, 9.17) is 0 Å². The number of aryl methyl sites for hydroxylation is 2. The Hall–Kier alpha value is -2.88. The van der Waals surface area contributed by atoms with Crippen LogP contribution in [-0.2, 0) is 11.2 Å². The molecule has 2 aromatic carbocycles. The van der Waals surface area contributed by atoms with Crippen LogP contribution in [0.25, 0.3) is 10.9 Å². The van der Waals surface area contributed by atoms with Crippen LogP contribution in [0.5, 0.6) is 0 Å². The number of fused-ring (bicyclic) bond motifs is 1. The SMILES string of the molecule is Cc1nc2ccccc2c(C)c1CC(=O)Nc1ccc(N2CCCCC2)cc1. The summed E-state index contributed by atoms with van der Waals surface area (Å²) in [5.74, 6) is -0.00555. The second kappa shape index (κ2) is 8.01. The summed E-state index contributed by atoms with van der Waals surface area (Å²) in [6, 6.07) is 16.3. The predicted octanol–water partition coefficient (Wildman–Crippen LogP) is 5.02. The third-order valence-corrected chi connectivity index (χ3v) is 5.70. The van der Waals surface area contributed by atoms with Gasteiger partial charge >= 0.3 is 0 Å². The second-order valence-electron chi connectivity index (χ2n) is 7.64. The van der Waals surface area contributed by atoms with Crippen LogP contribution in [0.15, 0.2) is 48.5 Å². The van der Waals surface area contributed by atoms with Crippen molar-refractivity contribution >= 4 is 28.2 Å². The highest BCUT2D eigenvalue weighted by atomic mass is 16.1. The fraction of sp³-hybridized carbons (Fsp3) is 0.333. The lowest BCUT2D eigenvalue weighted by molar-refractivity contribution is -0.115. The number of rotatable bonds is 4. The second-order valence-corrected chi connectivity index (χ2v) is 7.64. The van der Waals surface area contributed by atoms with Gasteiger partial charge in [0.15, 0.2) is 0 Å². The number of piperidine rings is 1. The van der Waals surface area contributed by atoms with Gasteiger partial charge in [0.1, 0.15) is 0 Å². The van der Waals surface area contributed by atoms with Crippen molar-refractivity contribution in [1.29, 1.82) is 0 Å². The molecular formula is C24H27N3O. The zero-order chi connectivity index (χ0) is 19.5. The standard InChI is InChI=1S/C24H27N3O/c1-17-21-8-4-5-9-23(21)25-18(2)22(17)16-24(28)26-19-10-12-20(13-11-19)27-14-6-3-7-15-27/h4-5,8-13H,3,6-7,14-16H2,1-2H3,(H,26,28). The lowest BCUT2D eigenvalue weighted by Crippen LogP contribution is -2.29. The molecule has 1 aliphatic heterocycles. The van der Waals surface area contributed by atoms with Gasteiger partial charge in [-0.15, -0.1) is 0 Å². The summed E-state index contributed by atoms with van der Waals surface area (Å²) in [6.45, 7) is 6.31. The first-order valence-corrected chi connectivity index (χ1v) is 10.1. The van der Waals surface area contributed by atoms with Crippen LogP contribution in [0.1, 0.15) is 36.1 Å². The minimum absolute atomic E-state index is 0.00555. The first-order chi connectivity index (χ1) is 13.6. The molecule has 28 heavy (non-hydrogen) atoms. The highest BCUT2D eigenvalue weighted by molar-refractivity contribution is 5.94. The van der Waals surface area contributed by atoms with E-state index >= 15 is 0 Å². The van der Waals surface area contributed by atoms with Crippen LogP contribution in [0.2, 0.25) is 0 Å². The van der Waals surface area contributed by atoms with Crippen LogP contribution in [0, 0.1) is 13.8 Å². The van der Waals surface area contributed by atoms with E-state index in [0.29, 0.717) is 6.42 Å². The third-order valence-electron chi connectivity index (χ3n) is 5.70. The molecule has 1 aromatic heterocycles. The molecule has 0 unspecified atom stereocenters. The van der Waals surface area contributed by atoms with E-state index in [0.717, 1.165) is 46.5 Å². The Balaban J connectivity index is 1.46. The number of anilines is 2. The Kier molecular flexibility index (Phi) is 5.29. The molecule has 1 N–H and O–H groups in total. The number of nitrogens with zero attached hydrogens (tertiary/aromatic N) is 2. The van der Waals surface area contributed by atoms with Gasteiger partial charge in [0.05, 0.1) is 11.9 Å². The quantitative estimate of drug-likeness (QED) is 0.698. The minimum atomic E-state index is -0.00555. The molecule has 2 heterocycles. The number of hydrogen-bond donors (Lipinski definition) is 1. The number of aromatic nitrogens is 1. The Morgan fingerprint density at radius 2 is 1.71 bits per heavy atom. The number of carbonyl (C=O) groups excluding carboxylic acids is 1. The normalized spacial score (nSPS) is 14.3. The van der Waals surface area contributed by atoms with Crippen LogP contribution in [0.4, 0.5) is 11.4 Å². The maximum absolute atomic E-state index is 12.7. The maximum Gasteiger partial charge on any atom is 0.228 e. The average Bonchev–Trinajstić information content (AvgIpc) is 2.72. The number of amides is 1. The van der Waals surface area contributed by atoms with Crippen molar-refractivity contribution in [3.63, 3.8) is 0 Å². The van der Waals surface area contributed by atoms with Gasteiger partial charge in [0.2, 0.25) is 5.91 Å². The largest absolute Gasteiger partial charge is 0.372 e. The van der Waals surface area contributed by atoms with Gasteiger partial charge in [-0.2, -0.15) is 0 Å². The van der Waals surface area contributed by atoms with E-state index in [1.165, 1.54) is 24.9 Å². The number of hydrogen-bond acceptors (Lipinski definition) is 3. The molecular weight excluding hydrogens is 346 g/mol. The summed E-state index contributed by atoms with van der Waals surface area (Å²) in [5.41, 5.74) is 6.14. The number of carbonyl (C=O) groups is 1. The van der Waals surface area contributed by atoms with E-state index < -0.39 is 0 Å². The number of nitrogens with one attached hydrogen (secondary N) is 1. The number of pyridine rings is 1. The van der Waals surface area contributed by atoms with Gasteiger partial charge < -0.3 is 10.2 Å². The maximum atomic E-state index is 12.7. The molecule has 0 spiro atoms. The summed E-state index contributed by atoms with van der Waals surface area (Å²) >= 11 is 0. The molecule has 1 amide bonds. The van der Waals surface area contributed by atoms with Crippen molar-refractivity contribution in [2.45, 2.75) is 39.5 Å². The lowest BCUT2D eigenvalue weighted by atomic mass is 9.99. The fourth-order valence-corrected chi connectivity index (χ4v) is 4.10. The molecule has 0 atom stereocenters. The summed E-state index contributed by atoms with van der Waals surface area (Å²) in [6.07, 6.45) is 4.18. The molecule has 4 rings (SSSR count). The lowest BCUT2D eigenvalue weighted by Gasteiger charge is -2.28. The molecule has 0 radical (unpaired) electrons. The minimum Gasteiger partial charge on any atom is -0.372 e. The summed E-state index contributed by atoms with van der Waals surface area (Å²) in [5, 5.41) is 4.15. The molecule has 4 nitrogen and oxygen atoms in total. The molecule has 3 aromatic rings. The predicted molar refractivity (Wildman–Crippen MR) is 116 cm³/mol. The van der Waals surface area contributed by atoms with E-state index in [1.54, 1.807) is 0 Å². The molecule has 0 bridgehead atoms. The Morgan fingerprint density at radius 1 is 1.00 bits per heavy atom. The molecule has 0 saturated carbocycles. The molecule has 4 heteroatoms. The van der Waals surface area contributed by atoms with Crippen LogP contribution in [-0.4, -0.2) is 24.0 Å². The summed E-state index contributed by atoms with van der Waals surface area (Å²) in [7, 11) is 0. The van der Waals surface area contributed by atoms with E-state index in [9.17, 15) is 4.79 Å². The number of benzene rings is 2. The van der Waals surface area contributed by atoms with Gasteiger partial charge in [-0.3, -0.25) is 9.78 Å². The van der Waals surface area contributed by atoms with Crippen molar-refractivity contribution in [2.75, 3.05) is 23.3 Å². The number of para-hydroxylation sites is 1.